The number of hydrogen-bond donors (Lipinski definition) is 1. The number of likely N-dealkylation sites (tertiary alicyclic amines) is 1. The molecule has 6 nitrogen and oxygen atoms in total. The monoisotopic (exact) mass is 505 g/mol. The van der Waals surface area contributed by atoms with Gasteiger partial charge in [-0.25, -0.2) is 4.79 Å². The fourth-order valence-corrected chi connectivity index (χ4v) is 5.26. The van der Waals surface area contributed by atoms with E-state index in [9.17, 15) is 19.5 Å². The number of halogens is 2. The Morgan fingerprint density at radius 3 is 2.35 bits per heavy atom. The second-order valence-corrected chi connectivity index (χ2v) is 9.75. The lowest BCUT2D eigenvalue weighted by molar-refractivity contribution is -0.169. The Morgan fingerprint density at radius 1 is 1.12 bits per heavy atom. The Bertz CT molecular complexity index is 1060. The van der Waals surface area contributed by atoms with Crippen LogP contribution in [-0.2, 0) is 19.1 Å². The number of hydrogen-bond acceptors (Lipinski definition) is 4. The average Bonchev–Trinajstić information content (AvgIpc) is 2.77. The maximum Gasteiger partial charge on any atom is 0.328 e. The molecule has 1 N–H and O–H groups in total. The standard InChI is InChI=1S/C26H29Cl2NO5/c1-4-21(24(32)34-5-2)29-23(16-9-11-18(27)12-10-16)20(17-7-6-8-19(28)13-17)14-26(3,25(29)33)15-22(30)31/h6-13,20-21,23H,4-5,14-15H2,1-3H3,(H,30,31)/t20-,21+,23-,26-/m1/s1. The molecule has 8 heteroatoms. The minimum absolute atomic E-state index is 0.174. The number of carbonyl (C=O) groups excluding carboxylic acids is 2. The SMILES string of the molecule is CCOC(=O)[C@H](CC)N1C(=O)[C@@](C)(CC(=O)O)C[C@H](c2cccc(Cl)c2)[C@H]1c1ccc(Cl)cc1. The number of aliphatic carboxylic acids is 1. The zero-order valence-corrected chi connectivity index (χ0v) is 21.0. The third-order valence-corrected chi connectivity index (χ3v) is 6.90. The van der Waals surface area contributed by atoms with Crippen LogP contribution in [0.5, 0.6) is 0 Å². The van der Waals surface area contributed by atoms with E-state index in [4.69, 9.17) is 27.9 Å². The van der Waals surface area contributed by atoms with Crippen LogP contribution in [0.4, 0.5) is 0 Å². The lowest BCUT2D eigenvalue weighted by Crippen LogP contribution is -2.58. The summed E-state index contributed by atoms with van der Waals surface area (Å²) < 4.78 is 5.32. The molecule has 3 rings (SSSR count). The first-order chi connectivity index (χ1) is 16.1. The van der Waals surface area contributed by atoms with Crippen LogP contribution in [0.25, 0.3) is 0 Å². The van der Waals surface area contributed by atoms with Crippen molar-refractivity contribution in [2.75, 3.05) is 6.61 Å². The summed E-state index contributed by atoms with van der Waals surface area (Å²) >= 11 is 12.5. The van der Waals surface area contributed by atoms with Crippen molar-refractivity contribution in [3.63, 3.8) is 0 Å². The van der Waals surface area contributed by atoms with Crippen molar-refractivity contribution in [1.29, 1.82) is 0 Å². The molecule has 4 atom stereocenters. The summed E-state index contributed by atoms with van der Waals surface area (Å²) in [6, 6.07) is 13.1. The summed E-state index contributed by atoms with van der Waals surface area (Å²) in [5.41, 5.74) is 0.435. The highest BCUT2D eigenvalue weighted by Gasteiger charge is 2.53. The van der Waals surface area contributed by atoms with Crippen LogP contribution in [0.3, 0.4) is 0 Å². The number of esters is 1. The molecular formula is C26H29Cl2NO5. The first-order valence-electron chi connectivity index (χ1n) is 11.3. The molecule has 2 aromatic rings. The number of benzene rings is 2. The van der Waals surface area contributed by atoms with Gasteiger partial charge in [0.05, 0.1) is 24.5 Å². The number of piperidine rings is 1. The van der Waals surface area contributed by atoms with Crippen LogP contribution in [0, 0.1) is 5.41 Å². The van der Waals surface area contributed by atoms with E-state index in [1.807, 2.05) is 37.3 Å². The van der Waals surface area contributed by atoms with E-state index in [0.717, 1.165) is 11.1 Å². The van der Waals surface area contributed by atoms with Crippen molar-refractivity contribution < 1.29 is 24.2 Å². The summed E-state index contributed by atoms with van der Waals surface area (Å²) in [6.07, 6.45) is 0.244. The van der Waals surface area contributed by atoms with Gasteiger partial charge in [-0.15, -0.1) is 0 Å². The molecular weight excluding hydrogens is 477 g/mol. The van der Waals surface area contributed by atoms with Gasteiger partial charge in [-0.05, 0) is 55.2 Å². The second kappa shape index (κ2) is 10.8. The molecule has 0 saturated carbocycles. The fraction of sp³-hybridized carbons (Fsp3) is 0.423. The predicted molar refractivity (Wildman–Crippen MR) is 131 cm³/mol. The first kappa shape index (κ1) is 26.0. The van der Waals surface area contributed by atoms with Gasteiger partial charge in [-0.3, -0.25) is 9.59 Å². The van der Waals surface area contributed by atoms with E-state index >= 15 is 0 Å². The Balaban J connectivity index is 2.25. The van der Waals surface area contributed by atoms with Crippen LogP contribution < -0.4 is 0 Å². The van der Waals surface area contributed by atoms with Crippen LogP contribution >= 0.6 is 23.2 Å². The molecule has 0 radical (unpaired) electrons. The van der Waals surface area contributed by atoms with Crippen molar-refractivity contribution in [2.45, 2.75) is 58.0 Å². The number of nitrogens with zero attached hydrogens (tertiary/aromatic N) is 1. The molecule has 0 unspecified atom stereocenters. The molecule has 0 aliphatic carbocycles. The molecule has 1 aliphatic heterocycles. The van der Waals surface area contributed by atoms with Gasteiger partial charge >= 0.3 is 11.9 Å². The summed E-state index contributed by atoms with van der Waals surface area (Å²) in [5, 5.41) is 10.7. The van der Waals surface area contributed by atoms with Crippen molar-refractivity contribution in [2.24, 2.45) is 5.41 Å². The summed E-state index contributed by atoms with van der Waals surface area (Å²) in [4.78, 5) is 40.3. The average molecular weight is 506 g/mol. The minimum atomic E-state index is -1.22. The maximum absolute atomic E-state index is 14.0. The molecule has 1 fully saturated rings. The van der Waals surface area contributed by atoms with Crippen molar-refractivity contribution in [1.82, 2.24) is 4.90 Å². The molecule has 1 saturated heterocycles. The maximum atomic E-state index is 14.0. The van der Waals surface area contributed by atoms with Gasteiger partial charge in [-0.1, -0.05) is 61.3 Å². The van der Waals surface area contributed by atoms with Gasteiger partial charge in [0.2, 0.25) is 5.91 Å². The smallest absolute Gasteiger partial charge is 0.328 e. The van der Waals surface area contributed by atoms with E-state index in [0.29, 0.717) is 16.5 Å². The molecule has 1 amide bonds. The number of amides is 1. The normalized spacial score (nSPS) is 23.4. The van der Waals surface area contributed by atoms with Crippen LogP contribution in [0.1, 0.15) is 63.1 Å². The molecule has 0 spiro atoms. The minimum Gasteiger partial charge on any atom is -0.481 e. The molecule has 1 heterocycles. The van der Waals surface area contributed by atoms with Crippen molar-refractivity contribution in [3.8, 4) is 0 Å². The topological polar surface area (TPSA) is 83.9 Å². The molecule has 2 aromatic carbocycles. The molecule has 0 aromatic heterocycles. The second-order valence-electron chi connectivity index (χ2n) is 8.88. The van der Waals surface area contributed by atoms with Gasteiger partial charge in [0.25, 0.3) is 0 Å². The fourth-order valence-electron chi connectivity index (χ4n) is 4.94. The Labute approximate surface area is 209 Å². The van der Waals surface area contributed by atoms with Crippen LogP contribution in [0.15, 0.2) is 48.5 Å². The molecule has 34 heavy (non-hydrogen) atoms. The highest BCUT2D eigenvalue weighted by atomic mass is 35.5. The lowest BCUT2D eigenvalue weighted by Gasteiger charge is -2.51. The van der Waals surface area contributed by atoms with Gasteiger partial charge in [0.15, 0.2) is 0 Å². The zero-order valence-electron chi connectivity index (χ0n) is 19.5. The number of carboxylic acid groups (broad SMARTS) is 1. The first-order valence-corrected chi connectivity index (χ1v) is 12.1. The van der Waals surface area contributed by atoms with Crippen molar-refractivity contribution >= 4 is 41.0 Å². The Kier molecular flexibility index (Phi) is 8.26. The third-order valence-electron chi connectivity index (χ3n) is 6.41. The summed E-state index contributed by atoms with van der Waals surface area (Å²) in [7, 11) is 0. The number of carboxylic acids is 1. The van der Waals surface area contributed by atoms with E-state index < -0.39 is 29.4 Å². The van der Waals surface area contributed by atoms with Gasteiger partial charge in [-0.2, -0.15) is 0 Å². The Morgan fingerprint density at radius 2 is 1.79 bits per heavy atom. The number of rotatable bonds is 8. The molecule has 0 bridgehead atoms. The third kappa shape index (κ3) is 5.39. The molecule has 182 valence electrons. The van der Waals surface area contributed by atoms with E-state index in [-0.39, 0.29) is 31.3 Å². The number of carbonyl (C=O) groups is 3. The summed E-state index contributed by atoms with van der Waals surface area (Å²) in [5.74, 6) is -2.28. The van der Waals surface area contributed by atoms with Crippen molar-refractivity contribution in [3.05, 3.63) is 69.7 Å². The molecule has 1 aliphatic rings. The number of ether oxygens (including phenoxy) is 1. The zero-order chi connectivity index (χ0) is 25.0. The van der Waals surface area contributed by atoms with E-state index in [2.05, 4.69) is 0 Å². The highest BCUT2D eigenvalue weighted by molar-refractivity contribution is 6.30. The van der Waals surface area contributed by atoms with Crippen LogP contribution in [-0.4, -0.2) is 40.5 Å². The van der Waals surface area contributed by atoms with Gasteiger partial charge in [0, 0.05) is 16.0 Å². The van der Waals surface area contributed by atoms with Crippen LogP contribution in [0.2, 0.25) is 10.0 Å². The van der Waals surface area contributed by atoms with E-state index in [1.54, 1.807) is 36.9 Å². The Hall–Kier alpha value is -2.57. The highest BCUT2D eigenvalue weighted by Crippen LogP contribution is 2.52. The van der Waals surface area contributed by atoms with E-state index in [1.165, 1.54) is 0 Å². The lowest BCUT2D eigenvalue weighted by atomic mass is 9.67. The van der Waals surface area contributed by atoms with Gasteiger partial charge < -0.3 is 14.7 Å². The predicted octanol–water partition coefficient (Wildman–Crippen LogP) is 5.87. The quantitative estimate of drug-likeness (QED) is 0.453. The summed E-state index contributed by atoms with van der Waals surface area (Å²) in [6.45, 7) is 5.35. The largest absolute Gasteiger partial charge is 0.481 e. The van der Waals surface area contributed by atoms with Gasteiger partial charge in [0.1, 0.15) is 6.04 Å².